The van der Waals surface area contributed by atoms with Crippen molar-refractivity contribution < 1.29 is 9.18 Å². The highest BCUT2D eigenvalue weighted by atomic mass is 19.1. The lowest BCUT2D eigenvalue weighted by Gasteiger charge is -2.11. The first-order chi connectivity index (χ1) is 7.63. The van der Waals surface area contributed by atoms with Crippen molar-refractivity contribution in [1.29, 1.82) is 0 Å². The third-order valence-electron chi connectivity index (χ3n) is 2.38. The largest absolute Gasteiger partial charge is 0.352 e. The molecule has 1 rings (SSSR count). The van der Waals surface area contributed by atoms with Crippen molar-refractivity contribution in [3.8, 4) is 0 Å². The fourth-order valence-electron chi connectivity index (χ4n) is 1.36. The van der Waals surface area contributed by atoms with Crippen LogP contribution in [0.4, 0.5) is 4.39 Å². The zero-order chi connectivity index (χ0) is 12.0. The van der Waals surface area contributed by atoms with Gasteiger partial charge in [0.05, 0.1) is 0 Å². The fourth-order valence-corrected chi connectivity index (χ4v) is 1.36. The number of rotatable bonds is 5. The van der Waals surface area contributed by atoms with E-state index in [4.69, 9.17) is 5.73 Å². The van der Waals surface area contributed by atoms with Crippen molar-refractivity contribution in [2.24, 2.45) is 11.7 Å². The Morgan fingerprint density at radius 3 is 2.62 bits per heavy atom. The normalized spacial score (nSPS) is 12.2. The van der Waals surface area contributed by atoms with Crippen LogP contribution in [0.15, 0.2) is 24.3 Å². The Kier molecular flexibility index (Phi) is 4.92. The zero-order valence-corrected chi connectivity index (χ0v) is 9.37. The van der Waals surface area contributed by atoms with E-state index in [1.165, 1.54) is 24.3 Å². The van der Waals surface area contributed by atoms with E-state index in [-0.39, 0.29) is 11.7 Å². The van der Waals surface area contributed by atoms with Crippen LogP contribution in [-0.2, 0) is 0 Å². The molecule has 16 heavy (non-hydrogen) atoms. The summed E-state index contributed by atoms with van der Waals surface area (Å²) in [6, 6.07) is 5.49. The summed E-state index contributed by atoms with van der Waals surface area (Å²) < 4.78 is 12.6. The maximum Gasteiger partial charge on any atom is 0.251 e. The van der Waals surface area contributed by atoms with Crippen LogP contribution in [0.5, 0.6) is 0 Å². The molecule has 1 amide bonds. The Labute approximate surface area is 94.8 Å². The summed E-state index contributed by atoms with van der Waals surface area (Å²) in [5, 5.41) is 2.79. The Hall–Kier alpha value is -1.42. The highest BCUT2D eigenvalue weighted by Gasteiger charge is 2.07. The molecule has 1 aromatic rings. The molecule has 0 spiro atoms. The minimum absolute atomic E-state index is 0.177. The molecule has 0 bridgehead atoms. The van der Waals surface area contributed by atoms with Crippen molar-refractivity contribution in [1.82, 2.24) is 5.32 Å². The predicted molar refractivity (Wildman–Crippen MR) is 61.6 cm³/mol. The van der Waals surface area contributed by atoms with E-state index in [2.05, 4.69) is 5.32 Å². The number of hydrogen-bond donors (Lipinski definition) is 2. The number of hydrogen-bond acceptors (Lipinski definition) is 2. The second-order valence-electron chi connectivity index (χ2n) is 3.90. The smallest absolute Gasteiger partial charge is 0.251 e. The molecule has 1 atom stereocenters. The number of carbonyl (C=O) groups is 1. The van der Waals surface area contributed by atoms with E-state index in [1.807, 2.05) is 6.92 Å². The molecule has 0 saturated heterocycles. The van der Waals surface area contributed by atoms with Crippen LogP contribution in [-0.4, -0.2) is 19.0 Å². The van der Waals surface area contributed by atoms with Crippen LogP contribution >= 0.6 is 0 Å². The highest BCUT2D eigenvalue weighted by molar-refractivity contribution is 5.94. The maximum atomic E-state index is 12.6. The van der Waals surface area contributed by atoms with Crippen molar-refractivity contribution in [3.05, 3.63) is 35.6 Å². The molecule has 0 aliphatic rings. The minimum atomic E-state index is -0.340. The summed E-state index contributed by atoms with van der Waals surface area (Å²) in [6.45, 7) is 3.23. The second kappa shape index (κ2) is 6.23. The van der Waals surface area contributed by atoms with Gasteiger partial charge in [0.25, 0.3) is 5.91 Å². The molecule has 1 aromatic carbocycles. The molecule has 0 aromatic heterocycles. The molecular formula is C12H17FN2O. The molecule has 3 N–H and O–H groups in total. The summed E-state index contributed by atoms with van der Waals surface area (Å²) in [5.74, 6) is -0.161. The molecule has 0 saturated carbocycles. The molecule has 0 aliphatic carbocycles. The van der Waals surface area contributed by atoms with Gasteiger partial charge in [0.1, 0.15) is 5.82 Å². The Bertz CT molecular complexity index is 337. The first kappa shape index (κ1) is 12.6. The highest BCUT2D eigenvalue weighted by Crippen LogP contribution is 2.03. The molecule has 3 nitrogen and oxygen atoms in total. The van der Waals surface area contributed by atoms with Crippen LogP contribution in [0.25, 0.3) is 0 Å². The van der Waals surface area contributed by atoms with E-state index < -0.39 is 0 Å². The third kappa shape index (κ3) is 3.98. The van der Waals surface area contributed by atoms with Gasteiger partial charge in [-0.15, -0.1) is 0 Å². The van der Waals surface area contributed by atoms with Crippen molar-refractivity contribution in [2.45, 2.75) is 13.3 Å². The van der Waals surface area contributed by atoms with Gasteiger partial charge in [-0.1, -0.05) is 6.92 Å². The van der Waals surface area contributed by atoms with Crippen molar-refractivity contribution in [2.75, 3.05) is 13.1 Å². The molecular weight excluding hydrogens is 207 g/mol. The lowest BCUT2D eigenvalue weighted by Crippen LogP contribution is -2.29. The van der Waals surface area contributed by atoms with E-state index in [0.717, 1.165) is 6.42 Å². The second-order valence-corrected chi connectivity index (χ2v) is 3.90. The molecule has 88 valence electrons. The van der Waals surface area contributed by atoms with Gasteiger partial charge in [0, 0.05) is 12.1 Å². The molecule has 1 unspecified atom stereocenters. The van der Waals surface area contributed by atoms with Crippen LogP contribution in [0.2, 0.25) is 0 Å². The van der Waals surface area contributed by atoms with Crippen LogP contribution in [0.1, 0.15) is 23.7 Å². The van der Waals surface area contributed by atoms with Gasteiger partial charge in [0.15, 0.2) is 0 Å². The van der Waals surface area contributed by atoms with Gasteiger partial charge in [-0.3, -0.25) is 4.79 Å². The van der Waals surface area contributed by atoms with Gasteiger partial charge in [-0.2, -0.15) is 0 Å². The summed E-state index contributed by atoms with van der Waals surface area (Å²) in [6.07, 6.45) is 0.879. The molecule has 0 heterocycles. The van der Waals surface area contributed by atoms with Crippen molar-refractivity contribution >= 4 is 5.91 Å². The number of carbonyl (C=O) groups excluding carboxylic acids is 1. The Morgan fingerprint density at radius 2 is 2.06 bits per heavy atom. The van der Waals surface area contributed by atoms with Gasteiger partial charge in [-0.05, 0) is 43.1 Å². The minimum Gasteiger partial charge on any atom is -0.352 e. The Balaban J connectivity index is 2.43. The monoisotopic (exact) mass is 224 g/mol. The molecule has 4 heteroatoms. The quantitative estimate of drug-likeness (QED) is 0.797. The average Bonchev–Trinajstić information content (AvgIpc) is 2.27. The number of nitrogens with two attached hydrogens (primary N) is 1. The summed E-state index contributed by atoms with van der Waals surface area (Å²) in [4.78, 5) is 11.6. The SMILES string of the molecule is CC(CCN)CNC(=O)c1ccc(F)cc1. The summed E-state index contributed by atoms with van der Waals surface area (Å²) in [5.41, 5.74) is 5.88. The van der Waals surface area contributed by atoms with Gasteiger partial charge >= 0.3 is 0 Å². The van der Waals surface area contributed by atoms with E-state index in [0.29, 0.717) is 24.6 Å². The van der Waals surface area contributed by atoms with E-state index >= 15 is 0 Å². The van der Waals surface area contributed by atoms with Crippen molar-refractivity contribution in [3.63, 3.8) is 0 Å². The van der Waals surface area contributed by atoms with Gasteiger partial charge in [0.2, 0.25) is 0 Å². The van der Waals surface area contributed by atoms with Gasteiger partial charge < -0.3 is 11.1 Å². The molecule has 0 radical (unpaired) electrons. The number of benzene rings is 1. The predicted octanol–water partition coefficient (Wildman–Crippen LogP) is 1.54. The Morgan fingerprint density at radius 1 is 1.44 bits per heavy atom. The number of halogens is 1. The number of amides is 1. The van der Waals surface area contributed by atoms with Crippen LogP contribution in [0, 0.1) is 11.7 Å². The molecule has 0 aliphatic heterocycles. The average molecular weight is 224 g/mol. The third-order valence-corrected chi connectivity index (χ3v) is 2.38. The zero-order valence-electron chi connectivity index (χ0n) is 9.37. The lowest BCUT2D eigenvalue weighted by atomic mass is 10.1. The van der Waals surface area contributed by atoms with E-state index in [1.54, 1.807) is 0 Å². The topological polar surface area (TPSA) is 55.1 Å². The van der Waals surface area contributed by atoms with E-state index in [9.17, 15) is 9.18 Å². The number of nitrogens with one attached hydrogen (secondary N) is 1. The fraction of sp³-hybridized carbons (Fsp3) is 0.417. The summed E-state index contributed by atoms with van der Waals surface area (Å²) in [7, 11) is 0. The summed E-state index contributed by atoms with van der Waals surface area (Å²) >= 11 is 0. The maximum absolute atomic E-state index is 12.6. The van der Waals surface area contributed by atoms with Gasteiger partial charge in [-0.25, -0.2) is 4.39 Å². The van der Waals surface area contributed by atoms with Crippen LogP contribution in [0.3, 0.4) is 0 Å². The van der Waals surface area contributed by atoms with Crippen LogP contribution < -0.4 is 11.1 Å². The first-order valence-electron chi connectivity index (χ1n) is 5.37. The lowest BCUT2D eigenvalue weighted by molar-refractivity contribution is 0.0947. The first-order valence-corrected chi connectivity index (χ1v) is 5.37. The standard InChI is InChI=1S/C12H17FN2O/c1-9(6-7-14)8-15-12(16)10-2-4-11(13)5-3-10/h2-5,9H,6-8,14H2,1H3,(H,15,16). The molecule has 0 fully saturated rings.